The average Bonchev–Trinajstić information content (AvgIpc) is 3.01. The van der Waals surface area contributed by atoms with Crippen LogP contribution in [0.5, 0.6) is 0 Å². The number of esters is 1. The van der Waals surface area contributed by atoms with Crippen molar-refractivity contribution in [2.75, 3.05) is 33.3 Å². The third-order valence-electron chi connectivity index (χ3n) is 5.77. The van der Waals surface area contributed by atoms with Gasteiger partial charge in [0.05, 0.1) is 18.6 Å². The summed E-state index contributed by atoms with van der Waals surface area (Å²) in [6, 6.07) is 0. The van der Waals surface area contributed by atoms with E-state index in [9.17, 15) is 14.4 Å². The van der Waals surface area contributed by atoms with Gasteiger partial charge in [0.1, 0.15) is 5.69 Å². The molecular formula is C20H29N3O4. The maximum atomic E-state index is 13.1. The van der Waals surface area contributed by atoms with Crippen molar-refractivity contribution in [1.29, 1.82) is 0 Å². The lowest BCUT2D eigenvalue weighted by Gasteiger charge is -2.36. The molecule has 3 heterocycles. The predicted octanol–water partition coefficient (Wildman–Crippen LogP) is 2.28. The van der Waals surface area contributed by atoms with Crippen molar-refractivity contribution >= 4 is 17.8 Å². The van der Waals surface area contributed by atoms with E-state index in [4.69, 9.17) is 4.74 Å². The molecule has 2 saturated heterocycles. The van der Waals surface area contributed by atoms with E-state index in [0.29, 0.717) is 35.6 Å². The topological polar surface area (TPSA) is 82.7 Å². The van der Waals surface area contributed by atoms with Gasteiger partial charge in [0, 0.05) is 31.9 Å². The van der Waals surface area contributed by atoms with E-state index >= 15 is 0 Å². The van der Waals surface area contributed by atoms with Crippen LogP contribution in [0.25, 0.3) is 0 Å². The van der Waals surface area contributed by atoms with Crippen LogP contribution in [-0.4, -0.2) is 65.9 Å². The molecule has 1 N–H and O–H groups in total. The van der Waals surface area contributed by atoms with Crippen molar-refractivity contribution in [2.45, 2.75) is 46.0 Å². The zero-order valence-corrected chi connectivity index (χ0v) is 16.5. The third-order valence-corrected chi connectivity index (χ3v) is 5.77. The standard InChI is InChI=1S/C20H29N3O4/c1-13-16(20(26)27-3)14(2)21-17(13)19(25)23-11-7-8-15(12-23)18(24)22-9-5-4-6-10-22/h15,21H,4-12H2,1-3H3/t15-/m0/s1. The minimum atomic E-state index is -0.447. The minimum Gasteiger partial charge on any atom is -0.465 e. The van der Waals surface area contributed by atoms with Crippen molar-refractivity contribution in [3.8, 4) is 0 Å². The zero-order valence-electron chi connectivity index (χ0n) is 16.5. The zero-order chi connectivity index (χ0) is 19.6. The number of nitrogens with zero attached hydrogens (tertiary/aromatic N) is 2. The summed E-state index contributed by atoms with van der Waals surface area (Å²) >= 11 is 0. The molecule has 0 aromatic carbocycles. The number of methoxy groups -OCH3 is 1. The highest BCUT2D eigenvalue weighted by Crippen LogP contribution is 2.25. The molecule has 7 nitrogen and oxygen atoms in total. The molecule has 2 amide bonds. The van der Waals surface area contributed by atoms with Gasteiger partial charge in [-0.05, 0) is 51.5 Å². The van der Waals surface area contributed by atoms with Crippen LogP contribution in [0.1, 0.15) is 64.2 Å². The summed E-state index contributed by atoms with van der Waals surface area (Å²) in [7, 11) is 1.33. The summed E-state index contributed by atoms with van der Waals surface area (Å²) in [5, 5.41) is 0. The number of hydrogen-bond acceptors (Lipinski definition) is 4. The van der Waals surface area contributed by atoms with E-state index in [2.05, 4.69) is 4.98 Å². The number of aromatic nitrogens is 1. The number of ether oxygens (including phenoxy) is 1. The second-order valence-electron chi connectivity index (χ2n) is 7.59. The van der Waals surface area contributed by atoms with E-state index in [-0.39, 0.29) is 17.7 Å². The van der Waals surface area contributed by atoms with Crippen molar-refractivity contribution in [3.05, 3.63) is 22.5 Å². The molecule has 2 aliphatic rings. The predicted molar refractivity (Wildman–Crippen MR) is 101 cm³/mol. The highest BCUT2D eigenvalue weighted by atomic mass is 16.5. The number of H-pyrrole nitrogens is 1. The Bertz CT molecular complexity index is 734. The number of hydrogen-bond donors (Lipinski definition) is 1. The summed E-state index contributed by atoms with van der Waals surface area (Å²) in [6.07, 6.45) is 4.97. The summed E-state index contributed by atoms with van der Waals surface area (Å²) in [6.45, 7) is 6.26. The minimum absolute atomic E-state index is 0.128. The van der Waals surface area contributed by atoms with Crippen molar-refractivity contribution in [3.63, 3.8) is 0 Å². The van der Waals surface area contributed by atoms with Crippen LogP contribution in [0.2, 0.25) is 0 Å². The first-order valence-electron chi connectivity index (χ1n) is 9.79. The second kappa shape index (κ2) is 8.15. The first-order valence-corrected chi connectivity index (χ1v) is 9.79. The maximum absolute atomic E-state index is 13.1. The molecule has 0 aliphatic carbocycles. The van der Waals surface area contributed by atoms with Crippen LogP contribution in [0.15, 0.2) is 0 Å². The number of piperidine rings is 2. The van der Waals surface area contributed by atoms with Crippen LogP contribution in [0.4, 0.5) is 0 Å². The monoisotopic (exact) mass is 375 g/mol. The molecule has 0 spiro atoms. The molecule has 3 rings (SSSR count). The number of aryl methyl sites for hydroxylation is 1. The Morgan fingerprint density at radius 3 is 2.33 bits per heavy atom. The molecular weight excluding hydrogens is 346 g/mol. The number of nitrogens with one attached hydrogen (secondary N) is 1. The van der Waals surface area contributed by atoms with Gasteiger partial charge in [-0.25, -0.2) is 4.79 Å². The number of amides is 2. The average molecular weight is 375 g/mol. The van der Waals surface area contributed by atoms with Gasteiger partial charge in [0.2, 0.25) is 5.91 Å². The molecule has 1 aromatic heterocycles. The van der Waals surface area contributed by atoms with Gasteiger partial charge in [0.15, 0.2) is 0 Å². The van der Waals surface area contributed by atoms with Crippen LogP contribution in [0.3, 0.4) is 0 Å². The smallest absolute Gasteiger partial charge is 0.339 e. The molecule has 2 fully saturated rings. The lowest BCUT2D eigenvalue weighted by Crippen LogP contribution is -2.48. The second-order valence-corrected chi connectivity index (χ2v) is 7.59. The lowest BCUT2D eigenvalue weighted by atomic mass is 9.95. The van der Waals surface area contributed by atoms with E-state index in [1.807, 2.05) is 4.90 Å². The number of aromatic amines is 1. The summed E-state index contributed by atoms with van der Waals surface area (Å²) in [5.74, 6) is -0.543. The van der Waals surface area contributed by atoms with E-state index in [1.54, 1.807) is 18.7 Å². The number of likely N-dealkylation sites (tertiary alicyclic amines) is 2. The van der Waals surface area contributed by atoms with Gasteiger partial charge < -0.3 is 19.5 Å². The Morgan fingerprint density at radius 1 is 1.00 bits per heavy atom. The summed E-state index contributed by atoms with van der Waals surface area (Å²) in [5.41, 5.74) is 2.06. The van der Waals surface area contributed by atoms with Crippen LogP contribution >= 0.6 is 0 Å². The Hall–Kier alpha value is -2.31. The molecule has 2 aliphatic heterocycles. The Labute approximate surface area is 160 Å². The summed E-state index contributed by atoms with van der Waals surface area (Å²) in [4.78, 5) is 44.6. The van der Waals surface area contributed by atoms with E-state index < -0.39 is 5.97 Å². The van der Waals surface area contributed by atoms with E-state index in [0.717, 1.165) is 38.8 Å². The largest absolute Gasteiger partial charge is 0.465 e. The molecule has 0 unspecified atom stereocenters. The number of carbonyl (C=O) groups is 3. The van der Waals surface area contributed by atoms with Crippen molar-refractivity contribution < 1.29 is 19.1 Å². The number of carbonyl (C=O) groups excluding carboxylic acids is 3. The quantitative estimate of drug-likeness (QED) is 0.822. The molecule has 1 aromatic rings. The van der Waals surface area contributed by atoms with Gasteiger partial charge >= 0.3 is 5.97 Å². The Morgan fingerprint density at radius 2 is 1.67 bits per heavy atom. The van der Waals surface area contributed by atoms with Gasteiger partial charge in [-0.1, -0.05) is 0 Å². The fraction of sp³-hybridized carbons (Fsp3) is 0.650. The summed E-state index contributed by atoms with van der Waals surface area (Å²) < 4.78 is 4.82. The van der Waals surface area contributed by atoms with Crippen LogP contribution in [0, 0.1) is 19.8 Å². The fourth-order valence-electron chi connectivity index (χ4n) is 4.27. The van der Waals surface area contributed by atoms with Crippen molar-refractivity contribution in [2.24, 2.45) is 5.92 Å². The lowest BCUT2D eigenvalue weighted by molar-refractivity contribution is -0.137. The van der Waals surface area contributed by atoms with Crippen molar-refractivity contribution in [1.82, 2.24) is 14.8 Å². The highest BCUT2D eigenvalue weighted by Gasteiger charge is 2.33. The van der Waals surface area contributed by atoms with Gasteiger partial charge in [0.25, 0.3) is 5.91 Å². The Kier molecular flexibility index (Phi) is 5.87. The SMILES string of the molecule is COC(=O)c1c(C)[nH]c(C(=O)N2CCC[C@H](C(=O)N3CCCCC3)C2)c1C. The maximum Gasteiger partial charge on any atom is 0.339 e. The third kappa shape index (κ3) is 3.87. The first kappa shape index (κ1) is 19.5. The van der Waals surface area contributed by atoms with Gasteiger partial charge in [-0.15, -0.1) is 0 Å². The first-order chi connectivity index (χ1) is 12.9. The molecule has 0 saturated carbocycles. The molecule has 0 bridgehead atoms. The molecule has 27 heavy (non-hydrogen) atoms. The fourth-order valence-corrected chi connectivity index (χ4v) is 4.27. The highest BCUT2D eigenvalue weighted by molar-refractivity contribution is 6.00. The molecule has 148 valence electrons. The van der Waals surface area contributed by atoms with Gasteiger partial charge in [-0.3, -0.25) is 9.59 Å². The molecule has 0 radical (unpaired) electrons. The molecule has 7 heteroatoms. The Balaban J connectivity index is 1.73. The van der Waals surface area contributed by atoms with Gasteiger partial charge in [-0.2, -0.15) is 0 Å². The van der Waals surface area contributed by atoms with Crippen LogP contribution in [-0.2, 0) is 9.53 Å². The molecule has 1 atom stereocenters. The number of rotatable bonds is 3. The normalized spacial score (nSPS) is 20.5. The van der Waals surface area contributed by atoms with E-state index in [1.165, 1.54) is 13.5 Å². The van der Waals surface area contributed by atoms with Crippen LogP contribution < -0.4 is 0 Å².